The van der Waals surface area contributed by atoms with Gasteiger partial charge in [0, 0.05) is 0 Å². The van der Waals surface area contributed by atoms with Gasteiger partial charge in [-0.2, -0.15) is 0 Å². The van der Waals surface area contributed by atoms with Gasteiger partial charge in [-0.3, -0.25) is 0 Å². The zero-order valence-corrected chi connectivity index (χ0v) is 13.2. The number of hydrogen-bond acceptors (Lipinski definition) is 5. The lowest BCUT2D eigenvalue weighted by molar-refractivity contribution is 0.338. The van der Waals surface area contributed by atoms with Crippen LogP contribution >= 0.6 is 0 Å². The van der Waals surface area contributed by atoms with Crippen LogP contribution in [0, 0.1) is 11.8 Å². The molecule has 0 spiro atoms. The standard InChI is InChI=1S/C15H21NO4S/c1-3-10-21(17,18)11-9-20-15-7-6-14(19-2)12-13(15)5-4-8-16/h6-7,12H,3,8-11,16H2,1-2H3. The molecule has 0 fully saturated rings. The van der Waals surface area contributed by atoms with Crippen LogP contribution in [0.1, 0.15) is 18.9 Å². The monoisotopic (exact) mass is 311 g/mol. The Labute approximate surface area is 126 Å². The average Bonchev–Trinajstić information content (AvgIpc) is 2.45. The highest BCUT2D eigenvalue weighted by Crippen LogP contribution is 2.23. The van der Waals surface area contributed by atoms with Gasteiger partial charge < -0.3 is 15.2 Å². The highest BCUT2D eigenvalue weighted by molar-refractivity contribution is 7.91. The molecule has 6 heteroatoms. The first-order valence-corrected chi connectivity index (χ1v) is 8.54. The fourth-order valence-corrected chi connectivity index (χ4v) is 2.86. The van der Waals surface area contributed by atoms with Gasteiger partial charge in [0.2, 0.25) is 0 Å². The molecule has 0 bridgehead atoms. The predicted molar refractivity (Wildman–Crippen MR) is 83.4 cm³/mol. The molecular weight excluding hydrogens is 290 g/mol. The smallest absolute Gasteiger partial charge is 0.153 e. The average molecular weight is 311 g/mol. The van der Waals surface area contributed by atoms with Crippen LogP contribution in [0.3, 0.4) is 0 Å². The number of rotatable bonds is 7. The summed E-state index contributed by atoms with van der Waals surface area (Å²) in [7, 11) is -1.49. The largest absolute Gasteiger partial charge is 0.497 e. The van der Waals surface area contributed by atoms with Crippen molar-refractivity contribution < 1.29 is 17.9 Å². The third-order valence-corrected chi connectivity index (χ3v) is 4.50. The minimum absolute atomic E-state index is 0.00335. The lowest BCUT2D eigenvalue weighted by Crippen LogP contribution is -2.17. The van der Waals surface area contributed by atoms with Crippen molar-refractivity contribution in [3.63, 3.8) is 0 Å². The van der Waals surface area contributed by atoms with Gasteiger partial charge in [-0.1, -0.05) is 18.8 Å². The molecule has 5 nitrogen and oxygen atoms in total. The van der Waals surface area contributed by atoms with Crippen molar-refractivity contribution in [1.29, 1.82) is 0 Å². The molecule has 0 aliphatic carbocycles. The second kappa shape index (κ2) is 8.55. The first-order valence-electron chi connectivity index (χ1n) is 6.72. The Morgan fingerprint density at radius 2 is 2.05 bits per heavy atom. The summed E-state index contributed by atoms with van der Waals surface area (Å²) < 4.78 is 33.9. The number of hydrogen-bond donors (Lipinski definition) is 1. The van der Waals surface area contributed by atoms with Gasteiger partial charge in [0.05, 0.1) is 30.7 Å². The zero-order valence-electron chi connectivity index (χ0n) is 12.4. The molecule has 0 aromatic heterocycles. The molecule has 0 saturated heterocycles. The lowest BCUT2D eigenvalue weighted by Gasteiger charge is -2.10. The Hall–Kier alpha value is -1.71. The number of sulfone groups is 1. The highest BCUT2D eigenvalue weighted by Gasteiger charge is 2.10. The van der Waals surface area contributed by atoms with E-state index >= 15 is 0 Å². The lowest BCUT2D eigenvalue weighted by atomic mass is 10.2. The van der Waals surface area contributed by atoms with Crippen molar-refractivity contribution in [1.82, 2.24) is 0 Å². The summed E-state index contributed by atoms with van der Waals surface area (Å²) in [6.07, 6.45) is 0.609. The molecule has 0 amide bonds. The van der Waals surface area contributed by atoms with Crippen molar-refractivity contribution in [2.45, 2.75) is 13.3 Å². The molecule has 1 rings (SSSR count). The first-order chi connectivity index (χ1) is 10.0. The van der Waals surface area contributed by atoms with Gasteiger partial charge in [-0.15, -0.1) is 0 Å². The summed E-state index contributed by atoms with van der Waals surface area (Å²) in [5.74, 6) is 7.00. The molecule has 0 heterocycles. The summed E-state index contributed by atoms with van der Waals surface area (Å²) in [4.78, 5) is 0. The zero-order chi connectivity index (χ0) is 15.7. The van der Waals surface area contributed by atoms with Crippen molar-refractivity contribution in [3.8, 4) is 23.3 Å². The second-order valence-electron chi connectivity index (χ2n) is 4.37. The summed E-state index contributed by atoms with van der Waals surface area (Å²) >= 11 is 0. The van der Waals surface area contributed by atoms with E-state index in [1.165, 1.54) is 0 Å². The van der Waals surface area contributed by atoms with Gasteiger partial charge in [-0.05, 0) is 24.6 Å². The fraction of sp³-hybridized carbons (Fsp3) is 0.467. The topological polar surface area (TPSA) is 78.6 Å². The van der Waals surface area contributed by atoms with Gasteiger partial charge in [-0.25, -0.2) is 8.42 Å². The molecule has 1 aromatic rings. The second-order valence-corrected chi connectivity index (χ2v) is 6.67. The minimum atomic E-state index is -3.05. The van der Waals surface area contributed by atoms with Crippen molar-refractivity contribution >= 4 is 9.84 Å². The van der Waals surface area contributed by atoms with E-state index in [1.54, 1.807) is 25.3 Å². The normalized spacial score (nSPS) is 10.6. The van der Waals surface area contributed by atoms with E-state index < -0.39 is 9.84 Å². The molecule has 21 heavy (non-hydrogen) atoms. The number of benzene rings is 1. The summed E-state index contributed by atoms with van der Waals surface area (Å²) in [5, 5.41) is 0. The van der Waals surface area contributed by atoms with E-state index in [9.17, 15) is 8.42 Å². The van der Waals surface area contributed by atoms with E-state index in [0.29, 0.717) is 23.5 Å². The third-order valence-electron chi connectivity index (χ3n) is 2.68. The molecule has 2 N–H and O–H groups in total. The maximum absolute atomic E-state index is 11.6. The van der Waals surface area contributed by atoms with Crippen LogP contribution in [0.4, 0.5) is 0 Å². The van der Waals surface area contributed by atoms with Gasteiger partial charge >= 0.3 is 0 Å². The Morgan fingerprint density at radius 1 is 1.29 bits per heavy atom. The molecule has 0 aliphatic heterocycles. The van der Waals surface area contributed by atoms with Crippen LogP contribution in [0.15, 0.2) is 18.2 Å². The molecule has 0 atom stereocenters. The quantitative estimate of drug-likeness (QED) is 0.766. The maximum Gasteiger partial charge on any atom is 0.153 e. The van der Waals surface area contributed by atoms with Gasteiger partial charge in [0.1, 0.15) is 18.1 Å². The molecule has 0 saturated carbocycles. The Morgan fingerprint density at radius 3 is 2.67 bits per heavy atom. The molecule has 1 aromatic carbocycles. The van der Waals surface area contributed by atoms with Crippen LogP contribution in [0.25, 0.3) is 0 Å². The summed E-state index contributed by atoms with van der Waals surface area (Å²) in [5.41, 5.74) is 5.99. The fourth-order valence-electron chi connectivity index (χ4n) is 1.70. The van der Waals surface area contributed by atoms with Crippen molar-refractivity contribution in [3.05, 3.63) is 23.8 Å². The minimum Gasteiger partial charge on any atom is -0.497 e. The Kier molecular flexibility index (Phi) is 7.06. The van der Waals surface area contributed by atoms with Crippen LogP contribution in [-0.4, -0.2) is 40.2 Å². The predicted octanol–water partition coefficient (Wildman–Crippen LogP) is 1.21. The van der Waals surface area contributed by atoms with E-state index in [4.69, 9.17) is 15.2 Å². The van der Waals surface area contributed by atoms with E-state index in [-0.39, 0.29) is 24.7 Å². The van der Waals surface area contributed by atoms with Gasteiger partial charge in [0.15, 0.2) is 9.84 Å². The van der Waals surface area contributed by atoms with Crippen molar-refractivity contribution in [2.24, 2.45) is 5.73 Å². The molecule has 116 valence electrons. The number of ether oxygens (including phenoxy) is 2. The Bertz CT molecular complexity index is 614. The highest BCUT2D eigenvalue weighted by atomic mass is 32.2. The van der Waals surface area contributed by atoms with E-state index in [2.05, 4.69) is 11.8 Å². The molecule has 0 unspecified atom stereocenters. The van der Waals surface area contributed by atoms with E-state index in [0.717, 1.165) is 0 Å². The van der Waals surface area contributed by atoms with Gasteiger partial charge in [0.25, 0.3) is 0 Å². The summed E-state index contributed by atoms with van der Waals surface area (Å²) in [6.45, 7) is 2.18. The van der Waals surface area contributed by atoms with Crippen LogP contribution in [0.5, 0.6) is 11.5 Å². The SMILES string of the molecule is CCCS(=O)(=O)CCOc1ccc(OC)cc1C#CCN. The van der Waals surface area contributed by atoms with Crippen molar-refractivity contribution in [2.75, 3.05) is 31.8 Å². The van der Waals surface area contributed by atoms with E-state index in [1.807, 2.05) is 6.92 Å². The molecule has 0 radical (unpaired) electrons. The maximum atomic E-state index is 11.6. The van der Waals surface area contributed by atoms with Crippen LogP contribution < -0.4 is 15.2 Å². The first kappa shape index (κ1) is 17.3. The Balaban J connectivity index is 2.78. The third kappa shape index (κ3) is 6.06. The van der Waals surface area contributed by atoms with Crippen LogP contribution in [-0.2, 0) is 9.84 Å². The van der Waals surface area contributed by atoms with Crippen LogP contribution in [0.2, 0.25) is 0 Å². The molecular formula is C15H21NO4S. The number of nitrogens with two attached hydrogens (primary N) is 1. The number of methoxy groups -OCH3 is 1. The molecule has 0 aliphatic rings. The summed E-state index contributed by atoms with van der Waals surface area (Å²) in [6, 6.07) is 5.19.